The number of ether oxygens (including phenoxy) is 8. The van der Waals surface area contributed by atoms with Crippen molar-refractivity contribution in [1.29, 1.82) is 0 Å². The summed E-state index contributed by atoms with van der Waals surface area (Å²) in [5, 5.41) is 99.5. The lowest BCUT2D eigenvalue weighted by Gasteiger charge is -2.51. The van der Waals surface area contributed by atoms with Crippen molar-refractivity contribution in [3.63, 3.8) is 0 Å². The monoisotopic (exact) mass is 1150 g/mol. The minimum absolute atomic E-state index is 0.00649. The number of amides is 4. The van der Waals surface area contributed by atoms with Gasteiger partial charge in [0.05, 0.1) is 19.8 Å². The standard InChI is InChI=1S/C48H82N4O25S/c1-6-7-8-9-10-11-12-13-14-15-16-17-18-19-32(59)52-34-38(61)37(60)30(22-69-27(5)58)74-46(34)75-42-28(20-53)72-47(35(40(42)63)50-25(3)56)76-43-29(21-54)73-48(36(41(43)64)51-26(4)57)77-44-31(23-70-78(66,67)68)71-45(65)33(39(44)62)49-24(2)55/h11-12,28-31,33-48,53-54,60-65H,6-10,13-23H2,1-5H3,(H,49,55)(H,50,56)(H,51,57)(H,52,59)(H,66,67,68)/b12-11-/t28?,29?,30?,31?,33?,34?,35?,36?,37-,38?,39?,40?,41?,42-,43-,44-,45-,46+,47+,48+/m1/s1. The SMILES string of the molecule is CCCCCC/C=C\CCCCCCCC(=O)NC1C(O)[C@H](O)C(COC(C)=O)O[C@H]1O[C@@H]1C(CO)O[C@@H](O[C@@H]2C(CO)O[C@@H](O[C@@H]3C(COS(=O)(=O)O)O[C@@H](O)C(NC(C)=O)C3O)C(NC(C)=O)C2O)C(NC(C)=O)C1O. The Kier molecular flexibility index (Phi) is 28.0. The van der Waals surface area contributed by atoms with E-state index in [2.05, 4.69) is 44.5 Å². The molecule has 4 aliphatic rings. The highest BCUT2D eigenvalue weighted by atomic mass is 32.3. The largest absolute Gasteiger partial charge is 0.463 e. The molecule has 0 aromatic heterocycles. The second-order valence-corrected chi connectivity index (χ2v) is 20.8. The van der Waals surface area contributed by atoms with Crippen molar-refractivity contribution >= 4 is 40.0 Å². The summed E-state index contributed by atoms with van der Waals surface area (Å²) in [6.45, 7) is 2.66. The molecule has 4 aliphatic heterocycles. The molecule has 0 bridgehead atoms. The number of rotatable bonds is 30. The van der Waals surface area contributed by atoms with Gasteiger partial charge in [-0.2, -0.15) is 8.42 Å². The summed E-state index contributed by atoms with van der Waals surface area (Å²) in [7, 11) is -5.16. The van der Waals surface area contributed by atoms with Gasteiger partial charge in [0.2, 0.25) is 23.6 Å². The number of unbranched alkanes of at least 4 members (excludes halogenated alkanes) is 9. The minimum Gasteiger partial charge on any atom is -0.463 e. The normalized spacial score (nSPS) is 35.4. The quantitative estimate of drug-likeness (QED) is 0.0143. The fraction of sp³-hybridized carbons (Fsp3) is 0.854. The number of aliphatic hydroxyl groups is 8. The molecule has 4 amide bonds. The molecule has 0 aromatic carbocycles. The number of hydrogen-bond acceptors (Lipinski definition) is 24. The van der Waals surface area contributed by atoms with Crippen LogP contribution in [0.5, 0.6) is 0 Å². The van der Waals surface area contributed by atoms with Crippen molar-refractivity contribution < 1.29 is 120 Å². The van der Waals surface area contributed by atoms with Crippen LogP contribution in [0, 0.1) is 0 Å². The van der Waals surface area contributed by atoms with Crippen LogP contribution in [-0.4, -0.2) is 232 Å². The van der Waals surface area contributed by atoms with Gasteiger partial charge in [0.15, 0.2) is 25.2 Å². The molecule has 4 rings (SSSR count). The van der Waals surface area contributed by atoms with Gasteiger partial charge >= 0.3 is 16.4 Å². The number of allylic oxidation sites excluding steroid dienone is 2. The van der Waals surface area contributed by atoms with E-state index in [1.807, 2.05) is 0 Å². The van der Waals surface area contributed by atoms with E-state index in [9.17, 15) is 77.8 Å². The summed E-state index contributed by atoms with van der Waals surface area (Å²) < 4.78 is 83.3. The average Bonchev–Trinajstić information content (AvgIpc) is 3.42. The Morgan fingerprint density at radius 2 is 0.936 bits per heavy atom. The fourth-order valence-corrected chi connectivity index (χ4v) is 9.83. The minimum atomic E-state index is -5.16. The molecule has 4 fully saturated rings. The van der Waals surface area contributed by atoms with E-state index in [-0.39, 0.29) is 6.42 Å². The molecule has 30 heteroatoms. The molecule has 0 spiro atoms. The molecule has 0 saturated carbocycles. The molecule has 20 atom stereocenters. The predicted octanol–water partition coefficient (Wildman–Crippen LogP) is -3.54. The first-order valence-electron chi connectivity index (χ1n) is 26.3. The third kappa shape index (κ3) is 20.4. The second-order valence-electron chi connectivity index (χ2n) is 19.7. The third-order valence-corrected chi connectivity index (χ3v) is 13.8. The van der Waals surface area contributed by atoms with Crippen molar-refractivity contribution in [1.82, 2.24) is 21.3 Å². The highest BCUT2D eigenvalue weighted by Gasteiger charge is 2.56. The van der Waals surface area contributed by atoms with Crippen molar-refractivity contribution in [2.45, 2.75) is 234 Å². The summed E-state index contributed by atoms with van der Waals surface area (Å²) in [4.78, 5) is 62.5. The first-order chi connectivity index (χ1) is 36.9. The first kappa shape index (κ1) is 66.9. The average molecular weight is 1150 g/mol. The topological polar surface area (TPSA) is 433 Å². The number of esters is 1. The van der Waals surface area contributed by atoms with Crippen LogP contribution in [0.15, 0.2) is 12.2 Å². The molecule has 78 heavy (non-hydrogen) atoms. The zero-order chi connectivity index (χ0) is 57.9. The zero-order valence-corrected chi connectivity index (χ0v) is 45.3. The van der Waals surface area contributed by atoms with Gasteiger partial charge in [0.25, 0.3) is 0 Å². The maximum atomic E-state index is 13.4. The molecule has 450 valence electrons. The lowest BCUT2D eigenvalue weighted by molar-refractivity contribution is -0.361. The van der Waals surface area contributed by atoms with Gasteiger partial charge in [-0.05, 0) is 32.1 Å². The lowest BCUT2D eigenvalue weighted by atomic mass is 9.93. The Labute approximate surface area is 452 Å². The molecule has 0 aromatic rings. The molecule has 4 heterocycles. The maximum absolute atomic E-state index is 13.4. The number of carbonyl (C=O) groups is 5. The Morgan fingerprint density at radius 1 is 0.513 bits per heavy atom. The smallest absolute Gasteiger partial charge is 0.397 e. The first-order valence-corrected chi connectivity index (χ1v) is 27.7. The van der Waals surface area contributed by atoms with Gasteiger partial charge < -0.3 is 100 Å². The van der Waals surface area contributed by atoms with Gasteiger partial charge in [-0.15, -0.1) is 0 Å². The van der Waals surface area contributed by atoms with E-state index in [1.165, 1.54) is 25.7 Å². The Morgan fingerprint density at radius 3 is 1.40 bits per heavy atom. The van der Waals surface area contributed by atoms with E-state index in [4.69, 9.17) is 37.9 Å². The summed E-state index contributed by atoms with van der Waals surface area (Å²) in [6, 6.07) is -6.66. The van der Waals surface area contributed by atoms with E-state index >= 15 is 0 Å². The van der Waals surface area contributed by atoms with E-state index in [0.29, 0.717) is 6.42 Å². The summed E-state index contributed by atoms with van der Waals surface area (Å²) in [5.74, 6) is -3.72. The number of carbonyl (C=O) groups excluding carboxylic acids is 5. The van der Waals surface area contributed by atoms with Crippen LogP contribution in [0.3, 0.4) is 0 Å². The van der Waals surface area contributed by atoms with Crippen LogP contribution >= 0.6 is 0 Å². The van der Waals surface area contributed by atoms with Gasteiger partial charge in [0.1, 0.15) is 104 Å². The van der Waals surface area contributed by atoms with Gasteiger partial charge in [-0.1, -0.05) is 57.6 Å². The van der Waals surface area contributed by atoms with Crippen LogP contribution in [0.2, 0.25) is 0 Å². The van der Waals surface area contributed by atoms with Crippen LogP contribution in [0.1, 0.15) is 112 Å². The van der Waals surface area contributed by atoms with E-state index in [1.54, 1.807) is 0 Å². The summed E-state index contributed by atoms with van der Waals surface area (Å²) >= 11 is 0. The Balaban J connectivity index is 1.54. The van der Waals surface area contributed by atoms with Gasteiger partial charge in [-0.25, -0.2) is 4.18 Å². The number of nitrogens with one attached hydrogen (secondary N) is 4. The molecule has 0 radical (unpaired) electrons. The van der Waals surface area contributed by atoms with E-state index in [0.717, 1.165) is 66.2 Å². The summed E-state index contributed by atoms with van der Waals surface area (Å²) in [5.41, 5.74) is 0. The molecule has 4 saturated heterocycles. The highest BCUT2D eigenvalue weighted by molar-refractivity contribution is 7.80. The van der Waals surface area contributed by atoms with Crippen molar-refractivity contribution in [2.75, 3.05) is 26.4 Å². The molecular weight excluding hydrogens is 1060 g/mol. The summed E-state index contributed by atoms with van der Waals surface area (Å²) in [6.07, 6.45) is -13.9. The van der Waals surface area contributed by atoms with Crippen LogP contribution in [0.25, 0.3) is 0 Å². The Bertz CT molecular complexity index is 2030. The van der Waals surface area contributed by atoms with Crippen LogP contribution in [0.4, 0.5) is 0 Å². The molecule has 13 N–H and O–H groups in total. The molecule has 12 unspecified atom stereocenters. The predicted molar refractivity (Wildman–Crippen MR) is 265 cm³/mol. The van der Waals surface area contributed by atoms with Gasteiger partial charge in [-0.3, -0.25) is 28.5 Å². The highest BCUT2D eigenvalue weighted by Crippen LogP contribution is 2.35. The lowest BCUT2D eigenvalue weighted by Crippen LogP contribution is -2.71. The number of hydrogen-bond donors (Lipinski definition) is 13. The van der Waals surface area contributed by atoms with Crippen molar-refractivity contribution in [3.05, 3.63) is 12.2 Å². The second kappa shape index (κ2) is 32.7. The van der Waals surface area contributed by atoms with Gasteiger partial charge in [0, 0.05) is 34.1 Å². The zero-order valence-electron chi connectivity index (χ0n) is 44.5. The molecule has 0 aliphatic carbocycles. The van der Waals surface area contributed by atoms with Crippen molar-refractivity contribution in [3.8, 4) is 0 Å². The van der Waals surface area contributed by atoms with Crippen LogP contribution < -0.4 is 21.3 Å². The molecule has 29 nitrogen and oxygen atoms in total. The Hall–Kier alpha value is -3.64. The third-order valence-electron chi connectivity index (χ3n) is 13.4. The van der Waals surface area contributed by atoms with Crippen LogP contribution in [-0.2, 0) is 76.4 Å². The van der Waals surface area contributed by atoms with E-state index < -0.39 is 189 Å². The maximum Gasteiger partial charge on any atom is 0.397 e. The number of aliphatic hydroxyl groups excluding tert-OH is 8. The van der Waals surface area contributed by atoms with Crippen molar-refractivity contribution in [2.24, 2.45) is 0 Å². The fourth-order valence-electron chi connectivity index (χ4n) is 9.52. The molecular formula is C48H82N4O25S.